The lowest BCUT2D eigenvalue weighted by molar-refractivity contribution is -0.137. The van der Waals surface area contributed by atoms with E-state index in [4.69, 9.17) is 0 Å². The number of alkyl halides is 3. The number of hydrogen-bond donors (Lipinski definition) is 5. The van der Waals surface area contributed by atoms with Crippen molar-refractivity contribution in [3.05, 3.63) is 65.0 Å². The van der Waals surface area contributed by atoms with E-state index in [1.54, 1.807) is 6.20 Å². The smallest absolute Gasteiger partial charge is 0.385 e. The van der Waals surface area contributed by atoms with Gasteiger partial charge in [0.25, 0.3) is 0 Å². The number of H-pyrrole nitrogens is 1. The molecule has 3 heterocycles. The van der Waals surface area contributed by atoms with E-state index in [1.807, 2.05) is 31.3 Å². The zero-order valence-corrected chi connectivity index (χ0v) is 19.1. The van der Waals surface area contributed by atoms with Crippen LogP contribution in [0, 0.1) is 11.3 Å². The van der Waals surface area contributed by atoms with Gasteiger partial charge in [0.15, 0.2) is 5.96 Å². The van der Waals surface area contributed by atoms with Crippen LogP contribution in [0.5, 0.6) is 0 Å². The first-order valence-electron chi connectivity index (χ1n) is 11.1. The summed E-state index contributed by atoms with van der Waals surface area (Å²) in [7, 11) is 1.93. The fraction of sp³-hybridized carbons (Fsp3) is 0.292. The Morgan fingerprint density at radius 3 is 2.66 bits per heavy atom. The highest BCUT2D eigenvalue weighted by Gasteiger charge is 2.32. The monoisotopic (exact) mass is 482 g/mol. The Kier molecular flexibility index (Phi) is 7.22. The SMILES string of the molecule is CNCCCNc1ccc(CNC2=NCC(C#N)=C(c3c[nH]c4ncc(C(F)(F)F)cc34)N2)cc1. The average molecular weight is 483 g/mol. The van der Waals surface area contributed by atoms with E-state index in [-0.39, 0.29) is 11.9 Å². The van der Waals surface area contributed by atoms with Crippen LogP contribution in [0.4, 0.5) is 18.9 Å². The van der Waals surface area contributed by atoms with Gasteiger partial charge in [0.2, 0.25) is 0 Å². The zero-order chi connectivity index (χ0) is 24.8. The first kappa shape index (κ1) is 24.1. The van der Waals surface area contributed by atoms with E-state index >= 15 is 0 Å². The topological polar surface area (TPSA) is 113 Å². The third kappa shape index (κ3) is 5.73. The second kappa shape index (κ2) is 10.5. The Morgan fingerprint density at radius 2 is 1.94 bits per heavy atom. The number of aromatic amines is 1. The highest BCUT2D eigenvalue weighted by atomic mass is 19.4. The van der Waals surface area contributed by atoms with Crippen LogP contribution < -0.4 is 21.3 Å². The predicted molar refractivity (Wildman–Crippen MR) is 129 cm³/mol. The number of rotatable bonds is 8. The van der Waals surface area contributed by atoms with Crippen LogP contribution in [0.15, 0.2) is 53.3 Å². The molecule has 1 aliphatic heterocycles. The third-order valence-electron chi connectivity index (χ3n) is 5.55. The van der Waals surface area contributed by atoms with E-state index in [0.717, 1.165) is 43.0 Å². The number of hydrogen-bond acceptors (Lipinski definition) is 7. The third-order valence-corrected chi connectivity index (χ3v) is 5.55. The van der Waals surface area contributed by atoms with Crippen LogP contribution in [0.3, 0.4) is 0 Å². The van der Waals surface area contributed by atoms with Gasteiger partial charge >= 0.3 is 6.18 Å². The molecule has 1 aliphatic rings. The number of pyridine rings is 1. The predicted octanol–water partition coefficient (Wildman–Crippen LogP) is 3.59. The largest absolute Gasteiger partial charge is 0.417 e. The van der Waals surface area contributed by atoms with E-state index in [1.165, 1.54) is 0 Å². The minimum absolute atomic E-state index is 0.107. The zero-order valence-electron chi connectivity index (χ0n) is 19.1. The number of guanidine groups is 1. The van der Waals surface area contributed by atoms with Gasteiger partial charge in [-0.05, 0) is 43.8 Å². The van der Waals surface area contributed by atoms with Crippen molar-refractivity contribution < 1.29 is 13.2 Å². The number of benzene rings is 1. The number of nitrogens with zero attached hydrogens (tertiary/aromatic N) is 3. The summed E-state index contributed by atoms with van der Waals surface area (Å²) < 4.78 is 39.6. The van der Waals surface area contributed by atoms with Crippen molar-refractivity contribution in [2.75, 3.05) is 32.0 Å². The first-order chi connectivity index (χ1) is 16.9. The maximum Gasteiger partial charge on any atom is 0.417 e. The molecule has 0 atom stereocenters. The first-order valence-corrected chi connectivity index (χ1v) is 11.1. The second-order valence-corrected chi connectivity index (χ2v) is 8.01. The highest BCUT2D eigenvalue weighted by Crippen LogP contribution is 2.33. The molecule has 182 valence electrons. The van der Waals surface area contributed by atoms with Crippen molar-refractivity contribution in [3.8, 4) is 6.07 Å². The van der Waals surface area contributed by atoms with Gasteiger partial charge in [-0.3, -0.25) is 0 Å². The molecule has 4 rings (SSSR count). The average Bonchev–Trinajstić information content (AvgIpc) is 3.29. The Morgan fingerprint density at radius 1 is 1.14 bits per heavy atom. The summed E-state index contributed by atoms with van der Waals surface area (Å²) in [6.07, 6.45) is -1.17. The molecule has 0 saturated carbocycles. The van der Waals surface area contributed by atoms with Gasteiger partial charge in [-0.15, -0.1) is 0 Å². The molecular formula is C24H25F3N8. The van der Waals surface area contributed by atoms with Crippen molar-refractivity contribution in [3.63, 3.8) is 0 Å². The summed E-state index contributed by atoms with van der Waals surface area (Å²) in [5, 5.41) is 22.6. The van der Waals surface area contributed by atoms with Crippen molar-refractivity contribution in [2.24, 2.45) is 4.99 Å². The molecule has 1 aromatic carbocycles. The number of nitrogens with one attached hydrogen (secondary N) is 5. The molecular weight excluding hydrogens is 457 g/mol. The van der Waals surface area contributed by atoms with Crippen LogP contribution in [0.2, 0.25) is 0 Å². The minimum atomic E-state index is -4.52. The van der Waals surface area contributed by atoms with Crippen LogP contribution in [0.1, 0.15) is 23.1 Å². The molecule has 0 fully saturated rings. The van der Waals surface area contributed by atoms with Gasteiger partial charge < -0.3 is 26.3 Å². The highest BCUT2D eigenvalue weighted by molar-refractivity contribution is 5.99. The lowest BCUT2D eigenvalue weighted by Gasteiger charge is -2.20. The number of aliphatic imine (C=N–C) groups is 1. The molecule has 11 heteroatoms. The summed E-state index contributed by atoms with van der Waals surface area (Å²) in [6.45, 7) is 2.42. The van der Waals surface area contributed by atoms with E-state index in [9.17, 15) is 18.4 Å². The molecule has 0 amide bonds. The molecule has 5 N–H and O–H groups in total. The minimum Gasteiger partial charge on any atom is -0.385 e. The molecule has 0 bridgehead atoms. The van der Waals surface area contributed by atoms with Crippen molar-refractivity contribution in [1.82, 2.24) is 25.9 Å². The van der Waals surface area contributed by atoms with Crippen LogP contribution in [-0.4, -0.2) is 42.6 Å². The van der Waals surface area contributed by atoms with Gasteiger partial charge in [-0.1, -0.05) is 12.1 Å². The van der Waals surface area contributed by atoms with Crippen LogP contribution in [-0.2, 0) is 12.7 Å². The summed E-state index contributed by atoms with van der Waals surface area (Å²) in [4.78, 5) is 11.1. The summed E-state index contributed by atoms with van der Waals surface area (Å²) in [6, 6.07) is 11.1. The van der Waals surface area contributed by atoms with E-state index < -0.39 is 11.7 Å². The van der Waals surface area contributed by atoms with E-state index in [0.29, 0.717) is 35.0 Å². The standard InChI is InChI=1S/C24H25F3N8/c1-29-7-2-8-30-18-5-3-15(4-6-18)11-33-23-34-12-16(10-28)21(35-23)20-14-32-22-19(20)9-17(13-31-22)24(25,26)27/h3-6,9,13-14,29-30H,2,7-8,11-12H2,1H3,(H,31,32)(H2,33,34,35). The number of aromatic nitrogens is 2. The van der Waals surface area contributed by atoms with Crippen molar-refractivity contribution in [1.29, 1.82) is 5.26 Å². The molecule has 0 radical (unpaired) electrons. The lowest BCUT2D eigenvalue weighted by Crippen LogP contribution is -2.38. The molecule has 0 unspecified atom stereocenters. The van der Waals surface area contributed by atoms with E-state index in [2.05, 4.69) is 42.3 Å². The van der Waals surface area contributed by atoms with Gasteiger partial charge in [-0.25, -0.2) is 9.98 Å². The Labute approximate surface area is 200 Å². The number of fused-ring (bicyclic) bond motifs is 1. The fourth-order valence-corrected chi connectivity index (χ4v) is 3.68. The number of halogens is 3. The van der Waals surface area contributed by atoms with Gasteiger partial charge in [0.05, 0.1) is 29.4 Å². The molecule has 0 aliphatic carbocycles. The van der Waals surface area contributed by atoms with Gasteiger partial charge in [0, 0.05) is 42.1 Å². The maximum atomic E-state index is 13.2. The van der Waals surface area contributed by atoms with Gasteiger partial charge in [0.1, 0.15) is 5.65 Å². The quantitative estimate of drug-likeness (QED) is 0.314. The summed E-state index contributed by atoms with van der Waals surface area (Å²) in [5.41, 5.74) is 2.66. The second-order valence-electron chi connectivity index (χ2n) is 8.01. The molecule has 0 saturated heterocycles. The molecule has 8 nitrogen and oxygen atoms in total. The summed E-state index contributed by atoms with van der Waals surface area (Å²) in [5.74, 6) is 0.433. The van der Waals surface area contributed by atoms with Crippen LogP contribution >= 0.6 is 0 Å². The van der Waals surface area contributed by atoms with Crippen LogP contribution in [0.25, 0.3) is 16.7 Å². The van der Waals surface area contributed by atoms with Crippen molar-refractivity contribution in [2.45, 2.75) is 19.1 Å². The normalized spacial score (nSPS) is 13.9. The summed E-state index contributed by atoms with van der Waals surface area (Å²) >= 11 is 0. The number of anilines is 1. The Bertz CT molecular complexity index is 1280. The molecule has 35 heavy (non-hydrogen) atoms. The van der Waals surface area contributed by atoms with Gasteiger partial charge in [-0.2, -0.15) is 18.4 Å². The lowest BCUT2D eigenvalue weighted by atomic mass is 10.0. The molecule has 2 aromatic heterocycles. The maximum absolute atomic E-state index is 13.2. The number of nitriles is 1. The van der Waals surface area contributed by atoms with Crippen molar-refractivity contribution >= 4 is 28.4 Å². The molecule has 3 aromatic rings. The Hall–Kier alpha value is -4.04. The fourth-order valence-electron chi connectivity index (χ4n) is 3.68. The Balaban J connectivity index is 1.45. The molecule has 0 spiro atoms.